The molecule has 0 aliphatic rings. The van der Waals surface area contributed by atoms with Crippen molar-refractivity contribution in [2.45, 2.75) is 0 Å². The van der Waals surface area contributed by atoms with E-state index >= 15 is 0 Å². The molecule has 0 amide bonds. The van der Waals surface area contributed by atoms with Crippen LogP contribution >= 0.6 is 0 Å². The molecule has 0 spiro atoms. The van der Waals surface area contributed by atoms with Gasteiger partial charge in [-0.1, -0.05) is 48.5 Å². The number of benzene rings is 2. The molecule has 0 unspecified atom stereocenters. The Hall–Kier alpha value is -2.53. The highest BCUT2D eigenvalue weighted by Crippen LogP contribution is 2.25. The van der Waals surface area contributed by atoms with E-state index in [1.54, 1.807) is 13.4 Å². The highest BCUT2D eigenvalue weighted by atomic mass is 16.5. The van der Waals surface area contributed by atoms with Crippen molar-refractivity contribution >= 4 is 5.57 Å². The van der Waals surface area contributed by atoms with Gasteiger partial charge in [0.25, 0.3) is 0 Å². The molecule has 0 atom stereocenters. The Balaban J connectivity index is 2.57. The average Bonchev–Trinajstić information content (AvgIpc) is 2.46. The van der Waals surface area contributed by atoms with Crippen LogP contribution in [-0.4, -0.2) is 7.11 Å². The molecule has 2 nitrogen and oxygen atoms in total. The number of hydrogen-bond acceptors (Lipinski definition) is 2. The van der Waals surface area contributed by atoms with Crippen LogP contribution in [0.2, 0.25) is 0 Å². The summed E-state index contributed by atoms with van der Waals surface area (Å²) in [4.78, 5) is 0. The third-order valence-electron chi connectivity index (χ3n) is 2.66. The highest BCUT2D eigenvalue weighted by Gasteiger charge is 2.09. The van der Waals surface area contributed by atoms with Gasteiger partial charge in [-0.2, -0.15) is 5.26 Å². The SMILES string of the molecule is CO/C=C(\c1ccccc1)c1ccccc1C#N. The molecule has 0 bridgehead atoms. The monoisotopic (exact) mass is 235 g/mol. The van der Waals surface area contributed by atoms with E-state index in [0.29, 0.717) is 5.56 Å². The number of rotatable bonds is 3. The maximum atomic E-state index is 9.16. The van der Waals surface area contributed by atoms with Crippen LogP contribution in [0.4, 0.5) is 0 Å². The van der Waals surface area contributed by atoms with E-state index in [9.17, 15) is 0 Å². The van der Waals surface area contributed by atoms with Crippen LogP contribution in [0.25, 0.3) is 5.57 Å². The molecule has 0 saturated carbocycles. The van der Waals surface area contributed by atoms with Gasteiger partial charge in [-0.25, -0.2) is 0 Å². The van der Waals surface area contributed by atoms with Gasteiger partial charge in [-0.15, -0.1) is 0 Å². The molecule has 0 aliphatic carbocycles. The van der Waals surface area contributed by atoms with Crippen molar-refractivity contribution in [3.8, 4) is 6.07 Å². The van der Waals surface area contributed by atoms with Crippen molar-refractivity contribution in [1.82, 2.24) is 0 Å². The summed E-state index contributed by atoms with van der Waals surface area (Å²) in [6, 6.07) is 19.6. The molecule has 0 heterocycles. The predicted molar refractivity (Wildman–Crippen MR) is 71.7 cm³/mol. The van der Waals surface area contributed by atoms with Gasteiger partial charge < -0.3 is 4.74 Å². The number of nitrogens with zero attached hydrogens (tertiary/aromatic N) is 1. The summed E-state index contributed by atoms with van der Waals surface area (Å²) in [6.07, 6.45) is 1.67. The molecular formula is C16H13NO. The van der Waals surface area contributed by atoms with Crippen LogP contribution in [0.15, 0.2) is 60.9 Å². The Morgan fingerprint density at radius 2 is 1.72 bits per heavy atom. The Morgan fingerprint density at radius 3 is 2.39 bits per heavy atom. The lowest BCUT2D eigenvalue weighted by Crippen LogP contribution is -1.92. The van der Waals surface area contributed by atoms with Crippen molar-refractivity contribution < 1.29 is 4.74 Å². The van der Waals surface area contributed by atoms with Gasteiger partial charge in [-0.05, 0) is 11.6 Å². The average molecular weight is 235 g/mol. The molecule has 88 valence electrons. The summed E-state index contributed by atoms with van der Waals surface area (Å²) in [7, 11) is 1.61. The van der Waals surface area contributed by atoms with Crippen LogP contribution in [0.5, 0.6) is 0 Å². The van der Waals surface area contributed by atoms with Crippen LogP contribution in [0.3, 0.4) is 0 Å². The second kappa shape index (κ2) is 5.70. The second-order valence-corrected chi connectivity index (χ2v) is 3.79. The minimum absolute atomic E-state index is 0.643. The van der Waals surface area contributed by atoms with Crippen molar-refractivity contribution in [3.63, 3.8) is 0 Å². The molecule has 0 aliphatic heterocycles. The first-order chi connectivity index (χ1) is 8.86. The third-order valence-corrected chi connectivity index (χ3v) is 2.66. The van der Waals surface area contributed by atoms with Crippen molar-refractivity contribution in [2.75, 3.05) is 7.11 Å². The largest absolute Gasteiger partial charge is 0.504 e. The zero-order chi connectivity index (χ0) is 12.8. The lowest BCUT2D eigenvalue weighted by molar-refractivity contribution is 0.340. The summed E-state index contributed by atoms with van der Waals surface area (Å²) in [5.41, 5.74) is 3.47. The molecular weight excluding hydrogens is 222 g/mol. The van der Waals surface area contributed by atoms with Gasteiger partial charge in [0.2, 0.25) is 0 Å². The lowest BCUT2D eigenvalue weighted by Gasteiger charge is -2.09. The zero-order valence-electron chi connectivity index (χ0n) is 10.1. The van der Waals surface area contributed by atoms with Crippen molar-refractivity contribution in [2.24, 2.45) is 0 Å². The molecule has 0 radical (unpaired) electrons. The Labute approximate surface area is 107 Å². The van der Waals surface area contributed by atoms with Crippen molar-refractivity contribution in [1.29, 1.82) is 5.26 Å². The van der Waals surface area contributed by atoms with Gasteiger partial charge in [0.05, 0.1) is 25.0 Å². The van der Waals surface area contributed by atoms with E-state index in [1.165, 1.54) is 0 Å². The quantitative estimate of drug-likeness (QED) is 0.761. The fraction of sp³-hybridized carbons (Fsp3) is 0.0625. The minimum atomic E-state index is 0.643. The molecule has 2 aromatic rings. The fourth-order valence-electron chi connectivity index (χ4n) is 1.84. The first-order valence-corrected chi connectivity index (χ1v) is 5.64. The van der Waals surface area contributed by atoms with E-state index in [0.717, 1.165) is 16.7 Å². The van der Waals surface area contributed by atoms with E-state index in [-0.39, 0.29) is 0 Å². The summed E-state index contributed by atoms with van der Waals surface area (Å²) in [5.74, 6) is 0. The first-order valence-electron chi connectivity index (χ1n) is 5.64. The van der Waals surface area contributed by atoms with Gasteiger partial charge in [0, 0.05) is 11.1 Å². The Bertz CT molecular complexity index is 594. The first kappa shape index (κ1) is 11.9. The summed E-state index contributed by atoms with van der Waals surface area (Å²) in [6.45, 7) is 0. The van der Waals surface area contributed by atoms with Crippen molar-refractivity contribution in [3.05, 3.63) is 77.5 Å². The smallest absolute Gasteiger partial charge is 0.0998 e. The molecule has 2 aromatic carbocycles. The van der Waals surface area contributed by atoms with E-state index in [4.69, 9.17) is 10.00 Å². The predicted octanol–water partition coefficient (Wildman–Crippen LogP) is 3.59. The van der Waals surface area contributed by atoms with E-state index < -0.39 is 0 Å². The second-order valence-electron chi connectivity index (χ2n) is 3.79. The fourth-order valence-corrected chi connectivity index (χ4v) is 1.84. The molecule has 0 aromatic heterocycles. The maximum Gasteiger partial charge on any atom is 0.0998 e. The molecule has 0 N–H and O–H groups in total. The molecule has 18 heavy (non-hydrogen) atoms. The lowest BCUT2D eigenvalue weighted by atomic mass is 9.95. The maximum absolute atomic E-state index is 9.16. The van der Waals surface area contributed by atoms with Gasteiger partial charge in [-0.3, -0.25) is 0 Å². The zero-order valence-corrected chi connectivity index (χ0v) is 10.1. The number of methoxy groups -OCH3 is 1. The Morgan fingerprint density at radius 1 is 1.06 bits per heavy atom. The number of ether oxygens (including phenoxy) is 1. The molecule has 0 saturated heterocycles. The van der Waals surface area contributed by atoms with Gasteiger partial charge >= 0.3 is 0 Å². The number of hydrogen-bond donors (Lipinski definition) is 0. The number of nitriles is 1. The van der Waals surface area contributed by atoms with Crippen LogP contribution in [0.1, 0.15) is 16.7 Å². The van der Waals surface area contributed by atoms with Crippen LogP contribution in [0, 0.1) is 11.3 Å². The third kappa shape index (κ3) is 2.41. The Kier molecular flexibility index (Phi) is 3.78. The summed E-state index contributed by atoms with van der Waals surface area (Å²) < 4.78 is 5.14. The molecule has 2 rings (SSSR count). The minimum Gasteiger partial charge on any atom is -0.504 e. The standard InChI is InChI=1S/C16H13NO/c1-18-12-16(13-7-3-2-4-8-13)15-10-6-5-9-14(15)11-17/h2-10,12H,1H3/b16-12+. The van der Waals surface area contributed by atoms with E-state index in [1.807, 2.05) is 54.6 Å². The van der Waals surface area contributed by atoms with Gasteiger partial charge in [0.1, 0.15) is 0 Å². The normalized spacial score (nSPS) is 10.8. The van der Waals surface area contributed by atoms with Gasteiger partial charge in [0.15, 0.2) is 0 Å². The summed E-state index contributed by atoms with van der Waals surface area (Å²) >= 11 is 0. The van der Waals surface area contributed by atoms with Crippen LogP contribution < -0.4 is 0 Å². The molecule has 0 fully saturated rings. The van der Waals surface area contributed by atoms with E-state index in [2.05, 4.69) is 6.07 Å². The topological polar surface area (TPSA) is 33.0 Å². The van der Waals surface area contributed by atoms with Crippen LogP contribution in [-0.2, 0) is 4.74 Å². The highest BCUT2D eigenvalue weighted by molar-refractivity contribution is 5.81. The summed E-state index contributed by atoms with van der Waals surface area (Å²) in [5, 5.41) is 9.16. The molecule has 2 heteroatoms.